The third kappa shape index (κ3) is 4.54. The van der Waals surface area contributed by atoms with E-state index in [0.717, 1.165) is 19.3 Å². The Morgan fingerprint density at radius 2 is 2.25 bits per heavy atom. The Morgan fingerprint density at radius 3 is 2.67 bits per heavy atom. The minimum absolute atomic E-state index is 0.233. The molecule has 0 saturated heterocycles. The van der Waals surface area contributed by atoms with Crippen molar-refractivity contribution in [3.8, 4) is 0 Å². The number of methoxy groups -OCH3 is 1. The third-order valence-electron chi connectivity index (χ3n) is 1.54. The van der Waals surface area contributed by atoms with Crippen LogP contribution in [0.4, 0.5) is 0 Å². The quantitative estimate of drug-likeness (QED) is 0.317. The lowest BCUT2D eigenvalue weighted by Gasteiger charge is -2.00. The molecule has 0 rings (SSSR count). The van der Waals surface area contributed by atoms with Crippen LogP contribution in [0.25, 0.3) is 0 Å². The minimum atomic E-state index is -0.233. The monoisotopic (exact) mass is 234 g/mol. The molecule has 2 nitrogen and oxygen atoms in total. The van der Waals surface area contributed by atoms with Crippen molar-refractivity contribution in [1.82, 2.24) is 0 Å². The fourth-order valence-electron chi connectivity index (χ4n) is 0.804. The summed E-state index contributed by atoms with van der Waals surface area (Å²) in [4.78, 5) is 11.0. The second kappa shape index (κ2) is 7.35. The molecule has 0 radical (unpaired) electrons. The number of carbonyl (C=O) groups excluding carboxylic acids is 1. The highest BCUT2D eigenvalue weighted by Gasteiger charge is 2.05. The van der Waals surface area contributed by atoms with Gasteiger partial charge >= 0.3 is 5.97 Å². The fraction of sp³-hybridized carbons (Fsp3) is 0.667. The van der Waals surface area contributed by atoms with Gasteiger partial charge in [0.05, 0.1) is 7.11 Å². The van der Waals surface area contributed by atoms with Crippen LogP contribution in [0.2, 0.25) is 0 Å². The van der Waals surface area contributed by atoms with Crippen molar-refractivity contribution in [2.75, 3.05) is 12.4 Å². The SMILES string of the molecule is CCCCC=C(CBr)C(=O)OC. The molecule has 3 heteroatoms. The number of carbonyl (C=O) groups is 1. The molecule has 0 atom stereocenters. The average molecular weight is 235 g/mol. The van der Waals surface area contributed by atoms with Crippen LogP contribution in [-0.2, 0) is 9.53 Å². The second-order valence-corrected chi connectivity index (χ2v) is 3.06. The molecule has 0 bridgehead atoms. The Labute approximate surface area is 82.1 Å². The highest BCUT2D eigenvalue weighted by Crippen LogP contribution is 2.06. The Bertz CT molecular complexity index is 164. The summed E-state index contributed by atoms with van der Waals surface area (Å²) in [6, 6.07) is 0. The van der Waals surface area contributed by atoms with E-state index in [2.05, 4.69) is 27.6 Å². The van der Waals surface area contributed by atoms with Crippen molar-refractivity contribution in [3.63, 3.8) is 0 Å². The number of allylic oxidation sites excluding steroid dienone is 1. The molecule has 0 spiro atoms. The van der Waals surface area contributed by atoms with Crippen LogP contribution in [0, 0.1) is 0 Å². The van der Waals surface area contributed by atoms with Gasteiger partial charge in [0.25, 0.3) is 0 Å². The van der Waals surface area contributed by atoms with Crippen LogP contribution in [0.3, 0.4) is 0 Å². The molecule has 0 saturated carbocycles. The van der Waals surface area contributed by atoms with Gasteiger partial charge in [-0.1, -0.05) is 41.8 Å². The maximum absolute atomic E-state index is 11.0. The number of esters is 1. The zero-order valence-electron chi connectivity index (χ0n) is 7.60. The van der Waals surface area contributed by atoms with E-state index in [1.807, 2.05) is 6.08 Å². The van der Waals surface area contributed by atoms with E-state index in [1.54, 1.807) is 0 Å². The average Bonchev–Trinajstić information content (AvgIpc) is 2.11. The molecule has 0 aromatic heterocycles. The van der Waals surface area contributed by atoms with Gasteiger partial charge in [-0.05, 0) is 6.42 Å². The summed E-state index contributed by atoms with van der Waals surface area (Å²) >= 11 is 3.24. The van der Waals surface area contributed by atoms with Gasteiger partial charge in [-0.15, -0.1) is 0 Å². The number of hydrogen-bond donors (Lipinski definition) is 0. The third-order valence-corrected chi connectivity index (χ3v) is 2.14. The number of alkyl halides is 1. The zero-order valence-corrected chi connectivity index (χ0v) is 9.19. The van der Waals surface area contributed by atoms with Gasteiger partial charge in [-0.25, -0.2) is 4.79 Å². The Morgan fingerprint density at radius 1 is 1.58 bits per heavy atom. The first-order valence-corrected chi connectivity index (χ1v) is 5.21. The van der Waals surface area contributed by atoms with E-state index in [9.17, 15) is 4.79 Å². The Hall–Kier alpha value is -0.310. The lowest BCUT2D eigenvalue weighted by Crippen LogP contribution is -2.05. The minimum Gasteiger partial charge on any atom is -0.466 e. The molecule has 0 aromatic rings. The topological polar surface area (TPSA) is 26.3 Å². The zero-order chi connectivity index (χ0) is 9.40. The summed E-state index contributed by atoms with van der Waals surface area (Å²) in [6.07, 6.45) is 5.15. The first-order chi connectivity index (χ1) is 5.76. The number of ether oxygens (including phenoxy) is 1. The Balaban J connectivity index is 3.95. The van der Waals surface area contributed by atoms with Gasteiger partial charge in [-0.3, -0.25) is 0 Å². The summed E-state index contributed by atoms with van der Waals surface area (Å²) in [6.45, 7) is 2.12. The van der Waals surface area contributed by atoms with E-state index in [1.165, 1.54) is 7.11 Å². The van der Waals surface area contributed by atoms with Gasteiger partial charge in [0, 0.05) is 10.9 Å². The molecule has 70 valence electrons. The van der Waals surface area contributed by atoms with E-state index < -0.39 is 0 Å². The van der Waals surface area contributed by atoms with Crippen molar-refractivity contribution < 1.29 is 9.53 Å². The van der Waals surface area contributed by atoms with Crippen LogP contribution < -0.4 is 0 Å². The van der Waals surface area contributed by atoms with Crippen LogP contribution in [0.5, 0.6) is 0 Å². The van der Waals surface area contributed by atoms with Crippen LogP contribution in [-0.4, -0.2) is 18.4 Å². The van der Waals surface area contributed by atoms with Gasteiger partial charge in [-0.2, -0.15) is 0 Å². The molecular weight excluding hydrogens is 220 g/mol. The fourth-order valence-corrected chi connectivity index (χ4v) is 1.26. The van der Waals surface area contributed by atoms with Crippen molar-refractivity contribution >= 4 is 21.9 Å². The molecule has 0 N–H and O–H groups in total. The molecule has 0 aliphatic rings. The van der Waals surface area contributed by atoms with E-state index >= 15 is 0 Å². The first-order valence-electron chi connectivity index (χ1n) is 4.09. The lowest BCUT2D eigenvalue weighted by atomic mass is 10.2. The first kappa shape index (κ1) is 11.7. The van der Waals surface area contributed by atoms with Crippen molar-refractivity contribution in [1.29, 1.82) is 0 Å². The predicted molar refractivity (Wildman–Crippen MR) is 53.4 cm³/mol. The van der Waals surface area contributed by atoms with Crippen molar-refractivity contribution in [2.45, 2.75) is 26.2 Å². The normalized spacial score (nSPS) is 11.4. The van der Waals surface area contributed by atoms with E-state index in [-0.39, 0.29) is 5.97 Å². The highest BCUT2D eigenvalue weighted by molar-refractivity contribution is 9.09. The molecule has 12 heavy (non-hydrogen) atoms. The van der Waals surface area contributed by atoms with Crippen LogP contribution >= 0.6 is 15.9 Å². The van der Waals surface area contributed by atoms with E-state index in [0.29, 0.717) is 10.9 Å². The molecule has 0 unspecified atom stereocenters. The lowest BCUT2D eigenvalue weighted by molar-refractivity contribution is -0.135. The molecular formula is C9H15BrO2. The summed E-state index contributed by atoms with van der Waals surface area (Å²) in [5.74, 6) is -0.233. The number of rotatable bonds is 5. The van der Waals surface area contributed by atoms with E-state index in [4.69, 9.17) is 0 Å². The molecule has 0 aromatic carbocycles. The molecule has 0 heterocycles. The molecule has 0 aliphatic heterocycles. The van der Waals surface area contributed by atoms with Crippen LogP contribution in [0.1, 0.15) is 26.2 Å². The van der Waals surface area contributed by atoms with Gasteiger partial charge < -0.3 is 4.74 Å². The number of hydrogen-bond acceptors (Lipinski definition) is 2. The molecule has 0 aliphatic carbocycles. The van der Waals surface area contributed by atoms with Gasteiger partial charge in [0.15, 0.2) is 0 Å². The summed E-state index contributed by atoms with van der Waals surface area (Å²) < 4.78 is 4.60. The molecule has 0 fully saturated rings. The highest BCUT2D eigenvalue weighted by atomic mass is 79.9. The summed E-state index contributed by atoms with van der Waals surface area (Å²) in [7, 11) is 1.40. The summed E-state index contributed by atoms with van der Waals surface area (Å²) in [5, 5.41) is 0.573. The van der Waals surface area contributed by atoms with Gasteiger partial charge in [0.1, 0.15) is 0 Å². The maximum atomic E-state index is 11.0. The standard InChI is InChI=1S/C9H15BrO2/c1-3-4-5-6-8(7-10)9(11)12-2/h6H,3-5,7H2,1-2H3. The molecule has 0 amide bonds. The predicted octanol–water partition coefficient (Wildman–Crippen LogP) is 2.67. The second-order valence-electron chi connectivity index (χ2n) is 2.50. The van der Waals surface area contributed by atoms with Gasteiger partial charge in [0.2, 0.25) is 0 Å². The van der Waals surface area contributed by atoms with Crippen molar-refractivity contribution in [3.05, 3.63) is 11.6 Å². The Kier molecular flexibility index (Phi) is 7.16. The van der Waals surface area contributed by atoms with Crippen molar-refractivity contribution in [2.24, 2.45) is 0 Å². The van der Waals surface area contributed by atoms with Crippen LogP contribution in [0.15, 0.2) is 11.6 Å². The largest absolute Gasteiger partial charge is 0.466 e. The smallest absolute Gasteiger partial charge is 0.334 e. The number of unbranched alkanes of at least 4 members (excludes halogenated alkanes) is 2. The number of halogens is 1. The summed E-state index contributed by atoms with van der Waals surface area (Å²) in [5.41, 5.74) is 0.714. The maximum Gasteiger partial charge on any atom is 0.334 e.